The zero-order valence-corrected chi connectivity index (χ0v) is 10.5. The van der Waals surface area contributed by atoms with E-state index < -0.39 is 4.92 Å². The lowest BCUT2D eigenvalue weighted by atomic mass is 10.00. The molecule has 100 valence electrons. The summed E-state index contributed by atoms with van der Waals surface area (Å²) < 4.78 is 0. The average molecular weight is 261 g/mol. The highest BCUT2D eigenvalue weighted by atomic mass is 16.6. The smallest absolute Gasteiger partial charge is 0.269 e. The molecule has 0 spiro atoms. The van der Waals surface area contributed by atoms with Gasteiger partial charge in [0.15, 0.2) is 0 Å². The molecule has 19 heavy (non-hydrogen) atoms. The minimum Gasteiger partial charge on any atom is -0.327 e. The van der Waals surface area contributed by atoms with E-state index in [0.29, 0.717) is 25.9 Å². The van der Waals surface area contributed by atoms with Crippen LogP contribution in [0.15, 0.2) is 30.4 Å². The molecule has 6 heteroatoms. The minimum atomic E-state index is -0.431. The predicted octanol–water partition coefficient (Wildman–Crippen LogP) is 1.39. The van der Waals surface area contributed by atoms with Crippen molar-refractivity contribution in [2.45, 2.75) is 12.8 Å². The number of fused-ring (bicyclic) bond motifs is 1. The first-order chi connectivity index (χ1) is 9.02. The number of nitro groups is 1. The molecule has 1 amide bonds. The molecule has 0 fully saturated rings. The molecule has 0 aromatic heterocycles. The third-order valence-electron chi connectivity index (χ3n) is 3.14. The maximum atomic E-state index is 11.9. The van der Waals surface area contributed by atoms with Gasteiger partial charge in [0.2, 0.25) is 5.91 Å². The summed E-state index contributed by atoms with van der Waals surface area (Å²) in [6, 6.07) is 4.56. The molecule has 1 aromatic carbocycles. The molecule has 0 unspecified atom stereocenters. The largest absolute Gasteiger partial charge is 0.327 e. The number of carbonyl (C=O) groups excluding carboxylic acids is 1. The highest BCUT2D eigenvalue weighted by Gasteiger charge is 2.25. The molecule has 1 aliphatic rings. The lowest BCUT2D eigenvalue weighted by molar-refractivity contribution is -0.384. The summed E-state index contributed by atoms with van der Waals surface area (Å²) in [5.74, 6) is -0.00375. The van der Waals surface area contributed by atoms with E-state index in [9.17, 15) is 14.9 Å². The molecule has 1 heterocycles. The summed E-state index contributed by atoms with van der Waals surface area (Å²) in [7, 11) is 0. The first kappa shape index (κ1) is 13.2. The highest BCUT2D eigenvalue weighted by molar-refractivity contribution is 5.97. The van der Waals surface area contributed by atoms with Crippen molar-refractivity contribution < 1.29 is 9.72 Å². The Labute approximate surface area is 110 Å². The summed E-state index contributed by atoms with van der Waals surface area (Å²) in [6.07, 6.45) is 0.882. The number of benzene rings is 1. The second-order valence-electron chi connectivity index (χ2n) is 4.50. The fourth-order valence-corrected chi connectivity index (χ4v) is 2.12. The van der Waals surface area contributed by atoms with E-state index in [-0.39, 0.29) is 11.6 Å². The van der Waals surface area contributed by atoms with Crippen LogP contribution < -0.4 is 10.6 Å². The van der Waals surface area contributed by atoms with Gasteiger partial charge in [-0.1, -0.05) is 6.58 Å². The molecule has 0 atom stereocenters. The topological polar surface area (TPSA) is 89.5 Å². The quantitative estimate of drug-likeness (QED) is 0.504. The highest BCUT2D eigenvalue weighted by Crippen LogP contribution is 2.31. The van der Waals surface area contributed by atoms with Crippen LogP contribution in [0.4, 0.5) is 11.4 Å². The first-order valence-corrected chi connectivity index (χ1v) is 5.97. The zero-order chi connectivity index (χ0) is 14.0. The van der Waals surface area contributed by atoms with Gasteiger partial charge in [0, 0.05) is 37.3 Å². The Kier molecular flexibility index (Phi) is 3.62. The molecule has 0 bridgehead atoms. The van der Waals surface area contributed by atoms with Crippen LogP contribution in [0, 0.1) is 10.1 Å². The van der Waals surface area contributed by atoms with Gasteiger partial charge in [0.25, 0.3) is 5.69 Å². The third-order valence-corrected chi connectivity index (χ3v) is 3.14. The van der Waals surface area contributed by atoms with Crippen LogP contribution in [0.1, 0.15) is 12.0 Å². The van der Waals surface area contributed by atoms with E-state index in [1.807, 2.05) is 0 Å². The van der Waals surface area contributed by atoms with Gasteiger partial charge >= 0.3 is 0 Å². The second kappa shape index (κ2) is 5.19. The molecule has 1 aromatic rings. The van der Waals surface area contributed by atoms with Gasteiger partial charge in [-0.15, -0.1) is 0 Å². The van der Waals surface area contributed by atoms with Gasteiger partial charge in [-0.25, -0.2) is 0 Å². The van der Waals surface area contributed by atoms with Crippen molar-refractivity contribution in [3.05, 3.63) is 46.0 Å². The Balaban J connectivity index is 2.36. The van der Waals surface area contributed by atoms with Crippen LogP contribution in [0.3, 0.4) is 0 Å². The van der Waals surface area contributed by atoms with Crippen molar-refractivity contribution >= 4 is 17.3 Å². The van der Waals surface area contributed by atoms with Gasteiger partial charge in [-0.05, 0) is 23.6 Å². The summed E-state index contributed by atoms with van der Waals surface area (Å²) >= 11 is 0. The van der Waals surface area contributed by atoms with Crippen molar-refractivity contribution in [3.8, 4) is 0 Å². The maximum Gasteiger partial charge on any atom is 0.269 e. The third kappa shape index (κ3) is 2.63. The fraction of sp³-hybridized carbons (Fsp3) is 0.308. The monoisotopic (exact) mass is 261 g/mol. The van der Waals surface area contributed by atoms with Crippen LogP contribution >= 0.6 is 0 Å². The predicted molar refractivity (Wildman–Crippen MR) is 72.0 cm³/mol. The Morgan fingerprint density at radius 2 is 2.21 bits per heavy atom. The van der Waals surface area contributed by atoms with Crippen LogP contribution in [0.25, 0.3) is 0 Å². The number of hydrogen-bond acceptors (Lipinski definition) is 4. The van der Waals surface area contributed by atoms with E-state index in [1.54, 1.807) is 11.0 Å². The van der Waals surface area contributed by atoms with E-state index in [4.69, 9.17) is 5.73 Å². The van der Waals surface area contributed by atoms with Crippen molar-refractivity contribution in [2.24, 2.45) is 5.73 Å². The average Bonchev–Trinajstić information content (AvgIpc) is 2.41. The molecule has 2 rings (SSSR count). The van der Waals surface area contributed by atoms with Crippen LogP contribution in [0.5, 0.6) is 0 Å². The number of nitrogens with two attached hydrogens (primary N) is 1. The van der Waals surface area contributed by atoms with Crippen LogP contribution in [-0.4, -0.2) is 23.9 Å². The number of rotatable bonds is 4. The lowest BCUT2D eigenvalue weighted by Crippen LogP contribution is -2.37. The van der Waals surface area contributed by atoms with Gasteiger partial charge < -0.3 is 10.6 Å². The number of aryl methyl sites for hydroxylation is 1. The first-order valence-electron chi connectivity index (χ1n) is 5.97. The Morgan fingerprint density at radius 3 is 2.84 bits per heavy atom. The maximum absolute atomic E-state index is 11.9. The molecule has 0 saturated heterocycles. The van der Waals surface area contributed by atoms with Crippen molar-refractivity contribution in [1.82, 2.24) is 0 Å². The molecule has 0 saturated carbocycles. The molecular weight excluding hydrogens is 246 g/mol. The van der Waals surface area contributed by atoms with E-state index in [1.165, 1.54) is 12.1 Å². The molecular formula is C13H15N3O3. The zero-order valence-electron chi connectivity index (χ0n) is 10.5. The fourth-order valence-electron chi connectivity index (χ4n) is 2.12. The number of carbonyl (C=O) groups is 1. The number of nitro benzene ring substituents is 1. The van der Waals surface area contributed by atoms with Crippen LogP contribution in [-0.2, 0) is 11.2 Å². The normalized spacial score (nSPS) is 14.2. The van der Waals surface area contributed by atoms with E-state index in [2.05, 4.69) is 6.58 Å². The Bertz CT molecular complexity index is 554. The molecule has 6 nitrogen and oxygen atoms in total. The molecule has 0 radical (unpaired) electrons. The summed E-state index contributed by atoms with van der Waals surface area (Å²) in [5.41, 5.74) is 7.83. The summed E-state index contributed by atoms with van der Waals surface area (Å²) in [4.78, 5) is 23.9. The number of hydrogen-bond donors (Lipinski definition) is 1. The minimum absolute atomic E-state index is 0.00375. The van der Waals surface area contributed by atoms with Gasteiger partial charge in [0.05, 0.1) is 4.92 Å². The van der Waals surface area contributed by atoms with Crippen molar-refractivity contribution in [1.29, 1.82) is 0 Å². The standard InChI is InChI=1S/C13H15N3O3/c1-9(7-14)8-15-12-4-3-11(16(18)19)6-10(12)2-5-13(15)17/h3-4,6H,1-2,5,7-8,14H2. The van der Waals surface area contributed by atoms with E-state index >= 15 is 0 Å². The number of amides is 1. The second-order valence-corrected chi connectivity index (χ2v) is 4.50. The van der Waals surface area contributed by atoms with Gasteiger partial charge in [-0.2, -0.15) is 0 Å². The summed E-state index contributed by atoms with van der Waals surface area (Å²) in [6.45, 7) is 4.47. The van der Waals surface area contributed by atoms with E-state index in [0.717, 1.165) is 16.8 Å². The Hall–Kier alpha value is -2.21. The number of non-ortho nitro benzene ring substituents is 1. The number of nitrogens with zero attached hydrogens (tertiary/aromatic N) is 2. The van der Waals surface area contributed by atoms with Crippen molar-refractivity contribution in [2.75, 3.05) is 18.0 Å². The number of anilines is 1. The molecule has 0 aliphatic carbocycles. The summed E-state index contributed by atoms with van der Waals surface area (Å²) in [5, 5.41) is 10.8. The van der Waals surface area contributed by atoms with Crippen molar-refractivity contribution in [3.63, 3.8) is 0 Å². The van der Waals surface area contributed by atoms with Gasteiger partial charge in [0.1, 0.15) is 0 Å². The Morgan fingerprint density at radius 1 is 1.47 bits per heavy atom. The van der Waals surface area contributed by atoms with Crippen LogP contribution in [0.2, 0.25) is 0 Å². The lowest BCUT2D eigenvalue weighted by Gasteiger charge is -2.29. The SMILES string of the molecule is C=C(CN)CN1C(=O)CCc2cc([N+](=O)[O-])ccc21. The van der Waals surface area contributed by atoms with Gasteiger partial charge in [-0.3, -0.25) is 14.9 Å². The molecule has 2 N–H and O–H groups in total. The molecule has 1 aliphatic heterocycles.